The van der Waals surface area contributed by atoms with E-state index in [-0.39, 0.29) is 10.0 Å². The molecule has 9 heteroatoms. The summed E-state index contributed by atoms with van der Waals surface area (Å²) in [5.74, 6) is 0.965. The van der Waals surface area contributed by atoms with Gasteiger partial charge in [0, 0.05) is 6.07 Å². The standard InChI is InChI=1S/C10H9N3O4S2/c14-19(15,13-10-12-11-6-18-10)7-1-2-8-9(5-7)17-4-3-16-8/h1-2,5-6H,3-4H2,(H,12,13). The first kappa shape index (κ1) is 12.2. The number of aromatic nitrogens is 2. The third-order valence-electron chi connectivity index (χ3n) is 2.41. The Morgan fingerprint density at radius 3 is 2.74 bits per heavy atom. The zero-order chi connectivity index (χ0) is 13.3. The summed E-state index contributed by atoms with van der Waals surface area (Å²) in [6.07, 6.45) is 0. The van der Waals surface area contributed by atoms with Gasteiger partial charge in [0.2, 0.25) is 5.13 Å². The lowest BCUT2D eigenvalue weighted by molar-refractivity contribution is 0.171. The molecule has 0 radical (unpaired) electrons. The van der Waals surface area contributed by atoms with E-state index in [1.807, 2.05) is 0 Å². The number of fused-ring (bicyclic) bond motifs is 1. The average molecular weight is 299 g/mol. The number of anilines is 1. The first-order valence-corrected chi connectivity index (χ1v) is 7.70. The number of hydrogen-bond acceptors (Lipinski definition) is 7. The average Bonchev–Trinajstić information content (AvgIpc) is 2.90. The number of rotatable bonds is 3. The van der Waals surface area contributed by atoms with Crippen molar-refractivity contribution in [2.24, 2.45) is 0 Å². The molecule has 7 nitrogen and oxygen atoms in total. The highest BCUT2D eigenvalue weighted by Crippen LogP contribution is 2.32. The van der Waals surface area contributed by atoms with Crippen LogP contribution in [0.2, 0.25) is 0 Å². The van der Waals surface area contributed by atoms with Crippen molar-refractivity contribution < 1.29 is 17.9 Å². The molecule has 2 heterocycles. The van der Waals surface area contributed by atoms with Crippen LogP contribution in [0.1, 0.15) is 0 Å². The molecule has 1 aromatic carbocycles. The van der Waals surface area contributed by atoms with Crippen molar-refractivity contribution in [3.63, 3.8) is 0 Å². The van der Waals surface area contributed by atoms with Gasteiger partial charge in [-0.25, -0.2) is 8.42 Å². The summed E-state index contributed by atoms with van der Waals surface area (Å²) >= 11 is 1.10. The van der Waals surface area contributed by atoms with E-state index < -0.39 is 10.0 Å². The highest BCUT2D eigenvalue weighted by molar-refractivity contribution is 7.93. The van der Waals surface area contributed by atoms with Gasteiger partial charge in [0.05, 0.1) is 4.90 Å². The summed E-state index contributed by atoms with van der Waals surface area (Å²) in [7, 11) is -3.69. The van der Waals surface area contributed by atoms with Crippen LogP contribution in [0.4, 0.5) is 5.13 Å². The Morgan fingerprint density at radius 2 is 2.00 bits per heavy atom. The Labute approximate surface area is 113 Å². The molecule has 2 aromatic rings. The Morgan fingerprint density at radius 1 is 1.21 bits per heavy atom. The lowest BCUT2D eigenvalue weighted by atomic mass is 10.3. The molecule has 3 rings (SSSR count). The van der Waals surface area contributed by atoms with Gasteiger partial charge in [-0.2, -0.15) is 0 Å². The highest BCUT2D eigenvalue weighted by atomic mass is 32.2. The number of sulfonamides is 1. The lowest BCUT2D eigenvalue weighted by Crippen LogP contribution is -2.17. The molecule has 0 atom stereocenters. The topological polar surface area (TPSA) is 90.4 Å². The minimum absolute atomic E-state index is 0.0898. The summed E-state index contributed by atoms with van der Waals surface area (Å²) in [6, 6.07) is 4.46. The van der Waals surface area contributed by atoms with E-state index in [4.69, 9.17) is 9.47 Å². The second-order valence-corrected chi connectivity index (χ2v) is 6.17. The van der Waals surface area contributed by atoms with Gasteiger partial charge < -0.3 is 9.47 Å². The van der Waals surface area contributed by atoms with Crippen LogP contribution in [0.15, 0.2) is 28.6 Å². The molecule has 1 aliphatic heterocycles. The molecular formula is C10H9N3O4S2. The summed E-state index contributed by atoms with van der Waals surface area (Å²) < 4.78 is 37.3. The normalized spacial score (nSPS) is 14.1. The van der Waals surface area contributed by atoms with Gasteiger partial charge in [-0.05, 0) is 12.1 Å². The van der Waals surface area contributed by atoms with E-state index in [9.17, 15) is 8.42 Å². The van der Waals surface area contributed by atoms with Gasteiger partial charge in [0.25, 0.3) is 10.0 Å². The molecule has 0 saturated carbocycles. The molecular weight excluding hydrogens is 290 g/mol. The van der Waals surface area contributed by atoms with Crippen molar-refractivity contribution in [3.05, 3.63) is 23.7 Å². The van der Waals surface area contributed by atoms with Crippen LogP contribution >= 0.6 is 11.3 Å². The molecule has 100 valence electrons. The third-order valence-corrected chi connectivity index (χ3v) is 4.48. The minimum atomic E-state index is -3.69. The molecule has 19 heavy (non-hydrogen) atoms. The SMILES string of the molecule is O=S(=O)(Nc1nncs1)c1ccc2c(c1)OCCO2. The number of ether oxygens (including phenoxy) is 2. The third kappa shape index (κ3) is 2.47. The van der Waals surface area contributed by atoms with Gasteiger partial charge in [-0.3, -0.25) is 4.72 Å². The molecule has 0 spiro atoms. The molecule has 0 bridgehead atoms. The number of benzene rings is 1. The van der Waals surface area contributed by atoms with Crippen molar-refractivity contribution in [2.75, 3.05) is 17.9 Å². The van der Waals surface area contributed by atoms with Crippen LogP contribution in [-0.4, -0.2) is 31.8 Å². The van der Waals surface area contributed by atoms with Crippen LogP contribution in [-0.2, 0) is 10.0 Å². The van der Waals surface area contributed by atoms with Crippen molar-refractivity contribution >= 4 is 26.5 Å². The predicted octanol–water partition coefficient (Wildman–Crippen LogP) is 1.11. The fourth-order valence-electron chi connectivity index (χ4n) is 1.58. The fourth-order valence-corrected chi connectivity index (χ4v) is 3.29. The van der Waals surface area contributed by atoms with E-state index >= 15 is 0 Å². The van der Waals surface area contributed by atoms with E-state index in [0.29, 0.717) is 24.7 Å². The van der Waals surface area contributed by atoms with Gasteiger partial charge in [0.15, 0.2) is 11.5 Å². The smallest absolute Gasteiger partial charge is 0.263 e. The number of nitrogens with one attached hydrogen (secondary N) is 1. The van der Waals surface area contributed by atoms with E-state index in [2.05, 4.69) is 14.9 Å². The maximum absolute atomic E-state index is 12.1. The molecule has 0 unspecified atom stereocenters. The van der Waals surface area contributed by atoms with Crippen LogP contribution in [0.3, 0.4) is 0 Å². The van der Waals surface area contributed by atoms with Crippen LogP contribution in [0.25, 0.3) is 0 Å². The first-order valence-electron chi connectivity index (χ1n) is 5.34. The van der Waals surface area contributed by atoms with Crippen molar-refractivity contribution in [3.8, 4) is 11.5 Å². The van der Waals surface area contributed by atoms with E-state index in [1.54, 1.807) is 6.07 Å². The fraction of sp³-hybridized carbons (Fsp3) is 0.200. The molecule has 1 N–H and O–H groups in total. The molecule has 1 aliphatic rings. The zero-order valence-corrected chi connectivity index (χ0v) is 11.2. The minimum Gasteiger partial charge on any atom is -0.486 e. The quantitative estimate of drug-likeness (QED) is 0.913. The van der Waals surface area contributed by atoms with Crippen LogP contribution in [0, 0.1) is 0 Å². The molecule has 0 fully saturated rings. The first-order chi connectivity index (χ1) is 9.15. The second-order valence-electron chi connectivity index (χ2n) is 3.65. The van der Waals surface area contributed by atoms with Gasteiger partial charge in [-0.1, -0.05) is 11.3 Å². The van der Waals surface area contributed by atoms with E-state index in [1.165, 1.54) is 17.6 Å². The monoisotopic (exact) mass is 299 g/mol. The Bertz CT molecular complexity index is 685. The molecule has 0 aliphatic carbocycles. The Balaban J connectivity index is 1.93. The molecule has 1 aromatic heterocycles. The number of hydrogen-bond donors (Lipinski definition) is 1. The summed E-state index contributed by atoms with van der Waals surface area (Å²) in [6.45, 7) is 0.864. The zero-order valence-electron chi connectivity index (χ0n) is 9.57. The van der Waals surface area contributed by atoms with Crippen molar-refractivity contribution in [2.45, 2.75) is 4.90 Å². The summed E-state index contributed by atoms with van der Waals surface area (Å²) in [5.41, 5.74) is 1.45. The second kappa shape index (κ2) is 4.67. The van der Waals surface area contributed by atoms with Gasteiger partial charge >= 0.3 is 0 Å². The largest absolute Gasteiger partial charge is 0.486 e. The Hall–Kier alpha value is -1.87. The maximum Gasteiger partial charge on any atom is 0.263 e. The van der Waals surface area contributed by atoms with Crippen molar-refractivity contribution in [1.29, 1.82) is 0 Å². The van der Waals surface area contributed by atoms with Crippen LogP contribution in [0.5, 0.6) is 11.5 Å². The number of nitrogens with zero attached hydrogens (tertiary/aromatic N) is 2. The van der Waals surface area contributed by atoms with Gasteiger partial charge in [-0.15, -0.1) is 10.2 Å². The molecule has 0 amide bonds. The predicted molar refractivity (Wildman–Crippen MR) is 68.1 cm³/mol. The maximum atomic E-state index is 12.1. The van der Waals surface area contributed by atoms with Gasteiger partial charge in [0.1, 0.15) is 18.7 Å². The molecule has 0 saturated heterocycles. The van der Waals surface area contributed by atoms with Crippen molar-refractivity contribution in [1.82, 2.24) is 10.2 Å². The Kier molecular flexibility index (Phi) is 2.99. The summed E-state index contributed by atoms with van der Waals surface area (Å²) in [5, 5.41) is 7.42. The lowest BCUT2D eigenvalue weighted by Gasteiger charge is -2.18. The van der Waals surface area contributed by atoms with Crippen LogP contribution < -0.4 is 14.2 Å². The van der Waals surface area contributed by atoms with E-state index in [0.717, 1.165) is 11.3 Å². The highest BCUT2D eigenvalue weighted by Gasteiger charge is 2.20. The summed E-state index contributed by atoms with van der Waals surface area (Å²) in [4.78, 5) is 0.0898.